The van der Waals surface area contributed by atoms with Crippen LogP contribution in [0.2, 0.25) is 0 Å². The SMILES string of the molecule is C.Cl.Cl.c1ccncc1. The largest absolute Gasteiger partial charge is 0.265 e. The van der Waals surface area contributed by atoms with Gasteiger partial charge in [-0.1, -0.05) is 13.5 Å². The van der Waals surface area contributed by atoms with Gasteiger partial charge in [0.2, 0.25) is 0 Å². The van der Waals surface area contributed by atoms with Crippen molar-refractivity contribution in [2.24, 2.45) is 0 Å². The second-order valence-corrected chi connectivity index (χ2v) is 1.02. The summed E-state index contributed by atoms with van der Waals surface area (Å²) < 4.78 is 0. The van der Waals surface area contributed by atoms with Crippen LogP contribution in [0.25, 0.3) is 0 Å². The molecule has 0 bridgehead atoms. The predicted molar refractivity (Wildman–Crippen MR) is 45.5 cm³/mol. The molecule has 0 aliphatic heterocycles. The molecule has 1 nitrogen and oxygen atoms in total. The minimum atomic E-state index is 0. The van der Waals surface area contributed by atoms with Gasteiger partial charge in [-0.2, -0.15) is 0 Å². The van der Waals surface area contributed by atoms with E-state index >= 15 is 0 Å². The number of hydrogen-bond acceptors (Lipinski definition) is 1. The monoisotopic (exact) mass is 167 g/mol. The number of halogens is 2. The average molecular weight is 168 g/mol. The third-order valence-corrected chi connectivity index (χ3v) is 0.566. The average Bonchev–Trinajstić information content (AvgIpc) is 1.72. The number of rotatable bonds is 0. The van der Waals surface area contributed by atoms with Gasteiger partial charge in [0.05, 0.1) is 0 Å². The molecule has 0 unspecified atom stereocenters. The zero-order chi connectivity index (χ0) is 4.24. The lowest BCUT2D eigenvalue weighted by Crippen LogP contribution is -1.58. The Hall–Kier alpha value is -0.270. The van der Waals surface area contributed by atoms with Crippen LogP contribution < -0.4 is 0 Å². The lowest BCUT2D eigenvalue weighted by molar-refractivity contribution is 1.33. The Morgan fingerprint density at radius 2 is 1.22 bits per heavy atom. The predicted octanol–water partition coefficient (Wildman–Crippen LogP) is 2.56. The van der Waals surface area contributed by atoms with Crippen molar-refractivity contribution in [3.05, 3.63) is 30.6 Å². The van der Waals surface area contributed by atoms with E-state index in [1.54, 1.807) is 12.4 Å². The summed E-state index contributed by atoms with van der Waals surface area (Å²) >= 11 is 0. The van der Waals surface area contributed by atoms with E-state index in [0.29, 0.717) is 0 Å². The van der Waals surface area contributed by atoms with Crippen LogP contribution >= 0.6 is 24.8 Å². The molecular weight excluding hydrogens is 157 g/mol. The van der Waals surface area contributed by atoms with Gasteiger partial charge in [0, 0.05) is 12.4 Å². The van der Waals surface area contributed by atoms with Gasteiger partial charge in [-0.3, -0.25) is 4.98 Å². The van der Waals surface area contributed by atoms with Crippen molar-refractivity contribution >= 4 is 24.8 Å². The molecule has 0 saturated carbocycles. The van der Waals surface area contributed by atoms with Crippen molar-refractivity contribution < 1.29 is 0 Å². The van der Waals surface area contributed by atoms with Crippen molar-refractivity contribution in [1.82, 2.24) is 4.98 Å². The smallest absolute Gasteiger partial charge is 0.0267 e. The summed E-state index contributed by atoms with van der Waals surface area (Å²) in [6, 6.07) is 5.72. The molecule has 0 radical (unpaired) electrons. The molecule has 54 valence electrons. The summed E-state index contributed by atoms with van der Waals surface area (Å²) in [6.45, 7) is 0. The van der Waals surface area contributed by atoms with Crippen molar-refractivity contribution in [2.75, 3.05) is 0 Å². The van der Waals surface area contributed by atoms with Gasteiger partial charge in [0.25, 0.3) is 0 Å². The van der Waals surface area contributed by atoms with Crippen LogP contribution in [0.5, 0.6) is 0 Å². The summed E-state index contributed by atoms with van der Waals surface area (Å²) in [4.78, 5) is 3.78. The Bertz CT molecular complexity index is 83.0. The van der Waals surface area contributed by atoms with Crippen molar-refractivity contribution in [2.45, 2.75) is 7.43 Å². The Kier molecular flexibility index (Phi) is 18.8. The first-order valence-electron chi connectivity index (χ1n) is 1.85. The molecule has 0 amide bonds. The molecule has 0 fully saturated rings. The van der Waals surface area contributed by atoms with Crippen molar-refractivity contribution in [1.29, 1.82) is 0 Å². The Morgan fingerprint density at radius 3 is 1.33 bits per heavy atom. The van der Waals surface area contributed by atoms with Gasteiger partial charge < -0.3 is 0 Å². The maximum absolute atomic E-state index is 3.78. The molecule has 0 atom stereocenters. The summed E-state index contributed by atoms with van der Waals surface area (Å²) in [6.07, 6.45) is 3.50. The highest BCUT2D eigenvalue weighted by Gasteiger charge is 1.58. The van der Waals surface area contributed by atoms with E-state index in [1.807, 2.05) is 18.2 Å². The molecular formula is C6H11Cl2N. The number of aromatic nitrogens is 1. The second-order valence-electron chi connectivity index (χ2n) is 1.02. The van der Waals surface area contributed by atoms with Crippen LogP contribution in [0.1, 0.15) is 7.43 Å². The van der Waals surface area contributed by atoms with Gasteiger partial charge in [-0.15, -0.1) is 24.8 Å². The number of hydrogen-bond donors (Lipinski definition) is 0. The van der Waals surface area contributed by atoms with Gasteiger partial charge in [0.15, 0.2) is 0 Å². The third-order valence-electron chi connectivity index (χ3n) is 0.566. The molecule has 0 aliphatic rings. The molecule has 0 aliphatic carbocycles. The van der Waals surface area contributed by atoms with E-state index in [-0.39, 0.29) is 32.2 Å². The number of nitrogens with zero attached hydrogens (tertiary/aromatic N) is 1. The normalized spacial score (nSPS) is 5.33. The topological polar surface area (TPSA) is 12.9 Å². The van der Waals surface area contributed by atoms with Crippen LogP contribution in [-0.2, 0) is 0 Å². The molecule has 0 saturated heterocycles. The first-order chi connectivity index (χ1) is 3.00. The summed E-state index contributed by atoms with van der Waals surface area (Å²) in [5, 5.41) is 0. The van der Waals surface area contributed by atoms with E-state index < -0.39 is 0 Å². The van der Waals surface area contributed by atoms with Crippen LogP contribution in [0.4, 0.5) is 0 Å². The minimum Gasteiger partial charge on any atom is -0.265 e. The highest BCUT2D eigenvalue weighted by atomic mass is 35.5. The van der Waals surface area contributed by atoms with E-state index in [9.17, 15) is 0 Å². The van der Waals surface area contributed by atoms with Gasteiger partial charge in [-0.05, 0) is 12.1 Å². The fourth-order valence-corrected chi connectivity index (χ4v) is 0.313. The molecule has 1 rings (SSSR count). The fraction of sp³-hybridized carbons (Fsp3) is 0.167. The standard InChI is InChI=1S/C5H5N.CH4.2ClH/c1-2-4-6-5-3-1;;;/h1-5H;1H4;2*1H. The van der Waals surface area contributed by atoms with Crippen molar-refractivity contribution in [3.8, 4) is 0 Å². The summed E-state index contributed by atoms with van der Waals surface area (Å²) in [7, 11) is 0. The zero-order valence-electron chi connectivity index (χ0n) is 4.15. The lowest BCUT2D eigenvalue weighted by atomic mass is 10.5. The maximum Gasteiger partial charge on any atom is 0.0267 e. The van der Waals surface area contributed by atoms with Crippen LogP contribution in [0.15, 0.2) is 30.6 Å². The van der Waals surface area contributed by atoms with E-state index in [1.165, 1.54) is 0 Å². The quantitative estimate of drug-likeness (QED) is 0.580. The fourth-order valence-electron chi connectivity index (χ4n) is 0.313. The van der Waals surface area contributed by atoms with Crippen LogP contribution in [0.3, 0.4) is 0 Å². The molecule has 0 aromatic carbocycles. The third kappa shape index (κ3) is 7.73. The molecule has 1 aromatic heterocycles. The zero-order valence-corrected chi connectivity index (χ0v) is 5.78. The van der Waals surface area contributed by atoms with Gasteiger partial charge >= 0.3 is 0 Å². The van der Waals surface area contributed by atoms with Crippen LogP contribution in [-0.4, -0.2) is 4.98 Å². The Balaban J connectivity index is -0.000000120. The maximum atomic E-state index is 3.78. The summed E-state index contributed by atoms with van der Waals surface area (Å²) in [5.41, 5.74) is 0. The first-order valence-corrected chi connectivity index (χ1v) is 1.85. The number of pyridine rings is 1. The van der Waals surface area contributed by atoms with Gasteiger partial charge in [-0.25, -0.2) is 0 Å². The minimum absolute atomic E-state index is 0. The molecule has 9 heavy (non-hydrogen) atoms. The highest BCUT2D eigenvalue weighted by molar-refractivity contribution is 5.85. The Morgan fingerprint density at radius 1 is 0.778 bits per heavy atom. The Labute approximate surface area is 68.3 Å². The summed E-state index contributed by atoms with van der Waals surface area (Å²) in [5.74, 6) is 0. The molecule has 1 aromatic rings. The van der Waals surface area contributed by atoms with E-state index in [2.05, 4.69) is 4.98 Å². The highest BCUT2D eigenvalue weighted by Crippen LogP contribution is 1.73. The van der Waals surface area contributed by atoms with Crippen LogP contribution in [0, 0.1) is 0 Å². The molecule has 1 heterocycles. The molecule has 3 heteroatoms. The molecule has 0 spiro atoms. The van der Waals surface area contributed by atoms with Crippen molar-refractivity contribution in [3.63, 3.8) is 0 Å². The van der Waals surface area contributed by atoms with Gasteiger partial charge in [0.1, 0.15) is 0 Å². The molecule has 0 N–H and O–H groups in total. The van der Waals surface area contributed by atoms with E-state index in [4.69, 9.17) is 0 Å². The first kappa shape index (κ1) is 15.9. The lowest BCUT2D eigenvalue weighted by Gasteiger charge is -1.70. The second kappa shape index (κ2) is 10.7. The van der Waals surface area contributed by atoms with E-state index in [0.717, 1.165) is 0 Å².